The molecule has 0 saturated heterocycles. The molecular formula is C19H17ClN4O. The molecule has 0 bridgehead atoms. The van der Waals surface area contributed by atoms with Crippen molar-refractivity contribution in [3.63, 3.8) is 0 Å². The molecule has 0 atom stereocenters. The summed E-state index contributed by atoms with van der Waals surface area (Å²) in [6, 6.07) is 16.9. The number of halogens is 1. The number of nitrogens with one attached hydrogen (secondary N) is 2. The molecule has 6 heteroatoms. The van der Waals surface area contributed by atoms with Crippen molar-refractivity contribution in [3.05, 3.63) is 82.8 Å². The smallest absolute Gasteiger partial charge is 0.270 e. The van der Waals surface area contributed by atoms with E-state index < -0.39 is 0 Å². The van der Waals surface area contributed by atoms with Gasteiger partial charge in [0.15, 0.2) is 0 Å². The van der Waals surface area contributed by atoms with Gasteiger partial charge in [-0.05, 0) is 30.7 Å². The molecule has 2 aromatic carbocycles. The molecule has 0 radical (unpaired) electrons. The molecule has 3 aromatic rings. The van der Waals surface area contributed by atoms with Crippen molar-refractivity contribution in [2.75, 3.05) is 5.32 Å². The number of aromatic nitrogens is 2. The molecule has 0 saturated carbocycles. The minimum Gasteiger partial charge on any atom is -0.347 e. The number of nitrogens with zero attached hydrogens (tertiary/aromatic N) is 2. The average molecular weight is 353 g/mol. The highest BCUT2D eigenvalue weighted by Gasteiger charge is 2.09. The van der Waals surface area contributed by atoms with E-state index >= 15 is 0 Å². The van der Waals surface area contributed by atoms with Crippen molar-refractivity contribution >= 4 is 29.0 Å². The van der Waals surface area contributed by atoms with Crippen LogP contribution in [0.25, 0.3) is 0 Å². The molecule has 0 aliphatic carbocycles. The van der Waals surface area contributed by atoms with Crippen molar-refractivity contribution < 1.29 is 4.79 Å². The fourth-order valence-electron chi connectivity index (χ4n) is 2.24. The van der Waals surface area contributed by atoms with E-state index in [1.54, 1.807) is 18.2 Å². The van der Waals surface area contributed by atoms with Crippen LogP contribution in [0.2, 0.25) is 5.02 Å². The van der Waals surface area contributed by atoms with Crippen LogP contribution in [0.3, 0.4) is 0 Å². The van der Waals surface area contributed by atoms with Crippen LogP contribution < -0.4 is 10.6 Å². The Morgan fingerprint density at radius 3 is 2.64 bits per heavy atom. The van der Waals surface area contributed by atoms with E-state index in [0.717, 1.165) is 11.3 Å². The molecule has 1 aromatic heterocycles. The van der Waals surface area contributed by atoms with Crippen LogP contribution >= 0.6 is 11.6 Å². The van der Waals surface area contributed by atoms with E-state index in [4.69, 9.17) is 11.6 Å². The van der Waals surface area contributed by atoms with Crippen molar-refractivity contribution in [1.29, 1.82) is 0 Å². The Kier molecular flexibility index (Phi) is 5.26. The first kappa shape index (κ1) is 16.9. The lowest BCUT2D eigenvalue weighted by atomic mass is 10.1. The van der Waals surface area contributed by atoms with Crippen LogP contribution in [-0.2, 0) is 6.54 Å². The number of rotatable bonds is 5. The van der Waals surface area contributed by atoms with Crippen LogP contribution in [-0.4, -0.2) is 15.9 Å². The molecule has 5 nitrogen and oxygen atoms in total. The number of benzene rings is 2. The zero-order valence-corrected chi connectivity index (χ0v) is 14.4. The second-order valence-electron chi connectivity index (χ2n) is 5.59. The van der Waals surface area contributed by atoms with Crippen LogP contribution in [0.1, 0.15) is 21.6 Å². The summed E-state index contributed by atoms with van der Waals surface area (Å²) in [6.07, 6.45) is 1.35. The molecule has 25 heavy (non-hydrogen) atoms. The van der Waals surface area contributed by atoms with Crippen LogP contribution in [0.15, 0.2) is 60.9 Å². The van der Waals surface area contributed by atoms with Crippen molar-refractivity contribution in [2.45, 2.75) is 13.5 Å². The van der Waals surface area contributed by atoms with Gasteiger partial charge < -0.3 is 10.6 Å². The lowest BCUT2D eigenvalue weighted by Gasteiger charge is -2.08. The Labute approximate surface area is 151 Å². The number of carbonyl (C=O) groups excluding carboxylic acids is 1. The van der Waals surface area contributed by atoms with E-state index in [2.05, 4.69) is 20.6 Å². The molecule has 0 aliphatic rings. The summed E-state index contributed by atoms with van der Waals surface area (Å²) in [7, 11) is 0. The van der Waals surface area contributed by atoms with Gasteiger partial charge in [0.2, 0.25) is 0 Å². The summed E-state index contributed by atoms with van der Waals surface area (Å²) < 4.78 is 0. The van der Waals surface area contributed by atoms with Gasteiger partial charge in [0.25, 0.3) is 5.91 Å². The van der Waals surface area contributed by atoms with Gasteiger partial charge in [-0.3, -0.25) is 4.79 Å². The van der Waals surface area contributed by atoms with Gasteiger partial charge in [-0.15, -0.1) is 0 Å². The zero-order valence-electron chi connectivity index (χ0n) is 13.7. The van der Waals surface area contributed by atoms with Gasteiger partial charge in [0.1, 0.15) is 17.8 Å². The van der Waals surface area contributed by atoms with Gasteiger partial charge in [-0.1, -0.05) is 47.5 Å². The van der Waals surface area contributed by atoms with E-state index in [0.29, 0.717) is 23.1 Å². The Hall–Kier alpha value is -2.92. The normalized spacial score (nSPS) is 10.3. The number of amides is 1. The summed E-state index contributed by atoms with van der Waals surface area (Å²) in [6.45, 7) is 2.47. The van der Waals surface area contributed by atoms with Crippen molar-refractivity contribution in [1.82, 2.24) is 15.3 Å². The Balaban J connectivity index is 1.65. The van der Waals surface area contributed by atoms with Gasteiger partial charge in [0.05, 0.1) is 0 Å². The third kappa shape index (κ3) is 4.78. The van der Waals surface area contributed by atoms with Gasteiger partial charge >= 0.3 is 0 Å². The summed E-state index contributed by atoms with van der Waals surface area (Å²) in [5.74, 6) is 0.273. The summed E-state index contributed by atoms with van der Waals surface area (Å²) in [5, 5.41) is 6.58. The minimum atomic E-state index is -0.253. The first-order valence-corrected chi connectivity index (χ1v) is 8.16. The quantitative estimate of drug-likeness (QED) is 0.725. The number of anilines is 2. The van der Waals surface area contributed by atoms with Crippen LogP contribution in [0.5, 0.6) is 0 Å². The van der Waals surface area contributed by atoms with E-state index in [1.165, 1.54) is 11.9 Å². The number of carbonyl (C=O) groups is 1. The second kappa shape index (κ2) is 7.77. The zero-order chi connectivity index (χ0) is 17.6. The lowest BCUT2D eigenvalue weighted by Crippen LogP contribution is -2.24. The average Bonchev–Trinajstić information content (AvgIpc) is 2.61. The highest BCUT2D eigenvalue weighted by atomic mass is 35.5. The molecule has 2 N–H and O–H groups in total. The monoisotopic (exact) mass is 352 g/mol. The van der Waals surface area contributed by atoms with Crippen molar-refractivity contribution in [3.8, 4) is 0 Å². The predicted molar refractivity (Wildman–Crippen MR) is 99.1 cm³/mol. The Bertz CT molecular complexity index is 881. The molecule has 126 valence electrons. The molecular weight excluding hydrogens is 336 g/mol. The molecule has 3 rings (SSSR count). The van der Waals surface area contributed by atoms with Gasteiger partial charge in [0, 0.05) is 23.3 Å². The maximum atomic E-state index is 12.3. The number of hydrogen-bond donors (Lipinski definition) is 2. The van der Waals surface area contributed by atoms with Crippen LogP contribution in [0, 0.1) is 6.92 Å². The minimum absolute atomic E-state index is 0.253. The Morgan fingerprint density at radius 1 is 1.08 bits per heavy atom. The summed E-state index contributed by atoms with van der Waals surface area (Å²) in [5.41, 5.74) is 3.30. The number of hydrogen-bond acceptors (Lipinski definition) is 4. The second-order valence-corrected chi connectivity index (χ2v) is 6.03. The standard InChI is InChI=1S/C19H17ClN4O/c1-13-5-7-14(8-6-13)11-21-19(25)17-10-18(23-12-22-17)24-16-4-2-3-15(20)9-16/h2-10,12H,11H2,1H3,(H,21,25)(H,22,23,24). The van der Waals surface area contributed by atoms with Gasteiger partial charge in [-0.25, -0.2) is 9.97 Å². The van der Waals surface area contributed by atoms with E-state index in [-0.39, 0.29) is 5.91 Å². The van der Waals surface area contributed by atoms with Crippen LogP contribution in [0.4, 0.5) is 11.5 Å². The fourth-order valence-corrected chi connectivity index (χ4v) is 2.43. The topological polar surface area (TPSA) is 66.9 Å². The SMILES string of the molecule is Cc1ccc(CNC(=O)c2cc(Nc3cccc(Cl)c3)ncn2)cc1. The first-order chi connectivity index (χ1) is 12.1. The molecule has 0 fully saturated rings. The molecule has 0 aliphatic heterocycles. The molecule has 1 heterocycles. The molecule has 0 spiro atoms. The largest absolute Gasteiger partial charge is 0.347 e. The summed E-state index contributed by atoms with van der Waals surface area (Å²) in [4.78, 5) is 20.5. The fraction of sp³-hybridized carbons (Fsp3) is 0.105. The lowest BCUT2D eigenvalue weighted by molar-refractivity contribution is 0.0946. The first-order valence-electron chi connectivity index (χ1n) is 7.78. The Morgan fingerprint density at radius 2 is 1.88 bits per heavy atom. The van der Waals surface area contributed by atoms with Gasteiger partial charge in [-0.2, -0.15) is 0 Å². The third-order valence-corrected chi connectivity index (χ3v) is 3.81. The summed E-state index contributed by atoms with van der Waals surface area (Å²) >= 11 is 5.97. The number of aryl methyl sites for hydroxylation is 1. The van der Waals surface area contributed by atoms with Crippen molar-refractivity contribution in [2.24, 2.45) is 0 Å². The van der Waals surface area contributed by atoms with E-state index in [1.807, 2.05) is 43.3 Å². The highest BCUT2D eigenvalue weighted by molar-refractivity contribution is 6.30. The third-order valence-electron chi connectivity index (χ3n) is 3.57. The molecule has 1 amide bonds. The maximum Gasteiger partial charge on any atom is 0.270 e. The molecule has 0 unspecified atom stereocenters. The predicted octanol–water partition coefficient (Wildman–Crippen LogP) is 4.11. The maximum absolute atomic E-state index is 12.3. The van der Waals surface area contributed by atoms with E-state index in [9.17, 15) is 4.79 Å². The highest BCUT2D eigenvalue weighted by Crippen LogP contribution is 2.18.